The number of fused-ring (bicyclic) bond motifs is 1. The average molecular weight is 430 g/mol. The van der Waals surface area contributed by atoms with Gasteiger partial charge in [-0.2, -0.15) is 0 Å². The number of carbonyl (C=O) groups excluding carboxylic acids is 2. The lowest BCUT2D eigenvalue weighted by molar-refractivity contribution is -0.129. The summed E-state index contributed by atoms with van der Waals surface area (Å²) in [7, 11) is 0. The number of hydrogen-bond donors (Lipinski definition) is 3. The summed E-state index contributed by atoms with van der Waals surface area (Å²) in [5, 5.41) is 9.25. The van der Waals surface area contributed by atoms with Gasteiger partial charge in [-0.25, -0.2) is 0 Å². The van der Waals surface area contributed by atoms with Crippen LogP contribution in [0.1, 0.15) is 43.9 Å². The second-order valence-electron chi connectivity index (χ2n) is 7.82. The van der Waals surface area contributed by atoms with Gasteiger partial charge in [0.25, 0.3) is 0 Å². The quantitative estimate of drug-likeness (QED) is 0.626. The molecule has 6 heteroatoms. The van der Waals surface area contributed by atoms with Gasteiger partial charge in [-0.15, -0.1) is 12.4 Å². The fourth-order valence-electron chi connectivity index (χ4n) is 3.64. The second kappa shape index (κ2) is 11.1. The smallest absolute Gasteiger partial charge is 0.247 e. The molecular formula is C24H32ClN3O2. The molecule has 1 aliphatic heterocycles. The fraction of sp³-hybridized carbons (Fsp3) is 0.417. The molecule has 3 atom stereocenters. The predicted molar refractivity (Wildman–Crippen MR) is 124 cm³/mol. The molecule has 3 N–H and O–H groups in total. The number of rotatable bonds is 7. The van der Waals surface area contributed by atoms with E-state index in [0.717, 1.165) is 18.5 Å². The zero-order valence-electron chi connectivity index (χ0n) is 17.9. The van der Waals surface area contributed by atoms with Crippen molar-refractivity contribution >= 4 is 29.9 Å². The third kappa shape index (κ3) is 5.83. The van der Waals surface area contributed by atoms with Crippen molar-refractivity contribution in [3.8, 4) is 0 Å². The van der Waals surface area contributed by atoms with E-state index >= 15 is 0 Å². The number of halogens is 1. The third-order valence-corrected chi connectivity index (χ3v) is 5.82. The van der Waals surface area contributed by atoms with Crippen LogP contribution in [-0.2, 0) is 29.0 Å². The maximum Gasteiger partial charge on any atom is 0.247 e. The van der Waals surface area contributed by atoms with Gasteiger partial charge in [-0.05, 0) is 47.6 Å². The second-order valence-corrected chi connectivity index (χ2v) is 7.82. The first-order chi connectivity index (χ1) is 14.0. The highest BCUT2D eigenvalue weighted by molar-refractivity contribution is 5.98. The van der Waals surface area contributed by atoms with E-state index in [4.69, 9.17) is 0 Å². The van der Waals surface area contributed by atoms with Crippen LogP contribution in [0.25, 0.3) is 0 Å². The van der Waals surface area contributed by atoms with Crippen molar-refractivity contribution in [3.05, 3.63) is 65.2 Å². The van der Waals surface area contributed by atoms with Crippen molar-refractivity contribution in [1.82, 2.24) is 10.6 Å². The Bertz CT molecular complexity index is 854. The lowest BCUT2D eigenvalue weighted by atomic mass is 9.94. The Morgan fingerprint density at radius 3 is 2.37 bits per heavy atom. The molecule has 30 heavy (non-hydrogen) atoms. The van der Waals surface area contributed by atoms with Crippen LogP contribution in [0.5, 0.6) is 0 Å². The molecule has 162 valence electrons. The van der Waals surface area contributed by atoms with Crippen LogP contribution in [0.15, 0.2) is 48.5 Å². The van der Waals surface area contributed by atoms with Gasteiger partial charge >= 0.3 is 0 Å². The van der Waals surface area contributed by atoms with Crippen molar-refractivity contribution in [3.63, 3.8) is 0 Å². The topological polar surface area (TPSA) is 70.2 Å². The van der Waals surface area contributed by atoms with Crippen molar-refractivity contribution in [2.24, 2.45) is 5.92 Å². The van der Waals surface area contributed by atoms with E-state index in [-0.39, 0.29) is 36.2 Å². The van der Waals surface area contributed by atoms with Crippen molar-refractivity contribution in [1.29, 1.82) is 0 Å². The van der Waals surface area contributed by atoms with E-state index in [0.29, 0.717) is 13.0 Å². The largest absolute Gasteiger partial charge is 0.343 e. The van der Waals surface area contributed by atoms with E-state index in [2.05, 4.69) is 35.0 Å². The van der Waals surface area contributed by atoms with Crippen LogP contribution < -0.4 is 16.0 Å². The Morgan fingerprint density at radius 2 is 1.73 bits per heavy atom. The van der Waals surface area contributed by atoms with E-state index in [9.17, 15) is 9.59 Å². The number of hydrogen-bond acceptors (Lipinski definition) is 3. The maximum atomic E-state index is 12.9. The molecule has 5 nitrogen and oxygen atoms in total. The summed E-state index contributed by atoms with van der Waals surface area (Å²) < 4.78 is 0. The molecule has 0 fully saturated rings. The molecule has 0 radical (unpaired) electrons. The molecule has 2 aromatic rings. The van der Waals surface area contributed by atoms with Crippen LogP contribution >= 0.6 is 12.4 Å². The summed E-state index contributed by atoms with van der Waals surface area (Å²) in [6, 6.07) is 15.1. The van der Waals surface area contributed by atoms with E-state index in [1.807, 2.05) is 50.2 Å². The number of amides is 2. The molecule has 2 aromatic carbocycles. The van der Waals surface area contributed by atoms with Crippen LogP contribution in [0, 0.1) is 5.92 Å². The standard InChI is InChI=1S/C24H31N3O2.ClH/c1-4-16(3)22(24(29)26-20-12-10-17(5-2)11-13-20)27-23(28)21-14-18-8-6-7-9-19(18)15-25-21;/h6-13,16,21-22,25H,4-5,14-15H2,1-3H3,(H,26,29)(H,27,28);1H/t16?,21-,22-;/m0./s1. The highest BCUT2D eigenvalue weighted by atomic mass is 35.5. The summed E-state index contributed by atoms with van der Waals surface area (Å²) >= 11 is 0. The molecule has 0 spiro atoms. The number of nitrogens with one attached hydrogen (secondary N) is 3. The van der Waals surface area contributed by atoms with Crippen LogP contribution in [-0.4, -0.2) is 23.9 Å². The number of benzene rings is 2. The Morgan fingerprint density at radius 1 is 1.07 bits per heavy atom. The summed E-state index contributed by atoms with van der Waals surface area (Å²) in [6.07, 6.45) is 2.39. The number of anilines is 1. The fourth-order valence-corrected chi connectivity index (χ4v) is 3.64. The molecule has 1 aliphatic rings. The summed E-state index contributed by atoms with van der Waals surface area (Å²) in [4.78, 5) is 25.9. The Labute approximate surface area is 185 Å². The van der Waals surface area contributed by atoms with Gasteiger partial charge in [0.2, 0.25) is 11.8 Å². The molecular weight excluding hydrogens is 398 g/mol. The monoisotopic (exact) mass is 429 g/mol. The molecule has 0 aliphatic carbocycles. The molecule has 0 saturated heterocycles. The SMILES string of the molecule is CCc1ccc(NC(=O)[C@@H](NC(=O)[C@@H]2Cc3ccccc3CN2)C(C)CC)cc1.Cl. The van der Waals surface area contributed by atoms with Crippen LogP contribution in [0.2, 0.25) is 0 Å². The zero-order valence-corrected chi connectivity index (χ0v) is 18.7. The lowest BCUT2D eigenvalue weighted by Crippen LogP contribution is -2.55. The highest BCUT2D eigenvalue weighted by Gasteiger charge is 2.30. The van der Waals surface area contributed by atoms with E-state index < -0.39 is 6.04 Å². The van der Waals surface area contributed by atoms with Gasteiger partial charge in [0, 0.05) is 12.2 Å². The molecule has 0 saturated carbocycles. The van der Waals surface area contributed by atoms with Gasteiger partial charge in [0.1, 0.15) is 6.04 Å². The van der Waals surface area contributed by atoms with Crippen LogP contribution in [0.3, 0.4) is 0 Å². The van der Waals surface area contributed by atoms with Gasteiger partial charge in [0.05, 0.1) is 6.04 Å². The van der Waals surface area contributed by atoms with E-state index in [1.165, 1.54) is 16.7 Å². The average Bonchev–Trinajstić information content (AvgIpc) is 2.76. The molecule has 3 rings (SSSR count). The van der Waals surface area contributed by atoms with Gasteiger partial charge in [-0.1, -0.05) is 63.6 Å². The minimum absolute atomic E-state index is 0. The highest BCUT2D eigenvalue weighted by Crippen LogP contribution is 2.18. The predicted octanol–water partition coefficient (Wildman–Crippen LogP) is 3.85. The van der Waals surface area contributed by atoms with Gasteiger partial charge in [-0.3, -0.25) is 9.59 Å². The minimum atomic E-state index is -0.572. The van der Waals surface area contributed by atoms with E-state index in [1.54, 1.807) is 0 Å². The zero-order chi connectivity index (χ0) is 20.8. The maximum absolute atomic E-state index is 12.9. The first-order valence-electron chi connectivity index (χ1n) is 10.5. The minimum Gasteiger partial charge on any atom is -0.343 e. The Kier molecular flexibility index (Phi) is 8.88. The number of aryl methyl sites for hydroxylation is 1. The third-order valence-electron chi connectivity index (χ3n) is 5.82. The van der Waals surface area contributed by atoms with Gasteiger partial charge < -0.3 is 16.0 Å². The molecule has 0 aromatic heterocycles. The molecule has 0 bridgehead atoms. The van der Waals surface area contributed by atoms with Gasteiger partial charge in [0.15, 0.2) is 0 Å². The summed E-state index contributed by atoms with van der Waals surface area (Å²) in [6.45, 7) is 6.79. The Hall–Kier alpha value is -2.37. The first-order valence-corrected chi connectivity index (χ1v) is 10.5. The molecule has 2 amide bonds. The van der Waals surface area contributed by atoms with Crippen LogP contribution in [0.4, 0.5) is 5.69 Å². The first kappa shape index (κ1) is 23.9. The number of carbonyl (C=O) groups is 2. The molecule has 1 heterocycles. The van der Waals surface area contributed by atoms with Crippen molar-refractivity contribution < 1.29 is 9.59 Å². The normalized spacial score (nSPS) is 17.1. The lowest BCUT2D eigenvalue weighted by Gasteiger charge is -2.29. The molecule has 1 unspecified atom stereocenters. The van der Waals surface area contributed by atoms with Crippen molar-refractivity contribution in [2.45, 2.75) is 58.7 Å². The Balaban J connectivity index is 0.00000320. The van der Waals surface area contributed by atoms with Crippen molar-refractivity contribution in [2.75, 3.05) is 5.32 Å². The summed E-state index contributed by atoms with van der Waals surface area (Å²) in [5.74, 6) is -0.265. The summed E-state index contributed by atoms with van der Waals surface area (Å²) in [5.41, 5.74) is 4.38.